The molecule has 2 N–H and O–H groups in total. The molecule has 8 heteroatoms. The zero-order valence-corrected chi connectivity index (χ0v) is 17.5. The topological polar surface area (TPSA) is 92.7 Å². The van der Waals surface area contributed by atoms with E-state index in [2.05, 4.69) is 29.4 Å². The van der Waals surface area contributed by atoms with Gasteiger partial charge < -0.3 is 9.94 Å². The normalized spacial score (nSPS) is 10.2. The number of hydrogen-bond acceptors (Lipinski definition) is 4. The number of nitrogens with one attached hydrogen (secondary N) is 1. The van der Waals surface area contributed by atoms with Crippen molar-refractivity contribution in [2.75, 3.05) is 0 Å². The summed E-state index contributed by atoms with van der Waals surface area (Å²) in [4.78, 5) is 37.5. The number of unbranched alkanes of at least 4 members (excludes halogenated alkanes) is 11. The van der Waals surface area contributed by atoms with Crippen molar-refractivity contribution in [3.63, 3.8) is 0 Å². The van der Waals surface area contributed by atoms with Gasteiger partial charge in [0.15, 0.2) is 0 Å². The quantitative estimate of drug-likeness (QED) is 0.143. The Balaban J connectivity index is -0.00000364. The van der Waals surface area contributed by atoms with Crippen molar-refractivity contribution in [2.24, 2.45) is 0 Å². The van der Waals surface area contributed by atoms with Crippen LogP contribution in [0, 0.1) is 0 Å². The Morgan fingerprint density at radius 3 is 1.77 bits per heavy atom. The standard InChI is InChI=1S/C22H39NO5.2Na.2H/c1-2-3-4-5-6-7-8-9-10-11-12-13-14-15-16-17-20(24)23-28-22(27)19-18-21(25)26;;;;/h9-10H,2-8,11-19H2,1H3,(H,23,24)(H,25,26);;;;/b10-9-;;;;. The van der Waals surface area contributed by atoms with Crippen molar-refractivity contribution in [3.8, 4) is 0 Å². The SMILES string of the molecule is CCCCCCCC/C=C\CCCCCCCC(=O)NOC(=O)CCC(=O)O.[NaH].[NaH]. The van der Waals surface area contributed by atoms with E-state index in [1.54, 1.807) is 0 Å². The summed E-state index contributed by atoms with van der Waals surface area (Å²) in [6.45, 7) is 2.24. The van der Waals surface area contributed by atoms with E-state index in [9.17, 15) is 14.4 Å². The Labute approximate surface area is 226 Å². The molecule has 30 heavy (non-hydrogen) atoms. The molecule has 6 nitrogen and oxygen atoms in total. The molecule has 0 aliphatic heterocycles. The van der Waals surface area contributed by atoms with Crippen LogP contribution >= 0.6 is 0 Å². The van der Waals surface area contributed by atoms with Crippen LogP contribution in [0.2, 0.25) is 0 Å². The summed E-state index contributed by atoms with van der Waals surface area (Å²) in [7, 11) is 0. The summed E-state index contributed by atoms with van der Waals surface area (Å²) in [5.41, 5.74) is 2.07. The van der Waals surface area contributed by atoms with Gasteiger partial charge in [-0.1, -0.05) is 70.4 Å². The van der Waals surface area contributed by atoms with Crippen LogP contribution in [0.3, 0.4) is 0 Å². The summed E-state index contributed by atoms with van der Waals surface area (Å²) in [6.07, 6.45) is 19.9. The fraction of sp³-hybridized carbons (Fsp3) is 0.773. The predicted molar refractivity (Wildman–Crippen MR) is 125 cm³/mol. The zero-order chi connectivity index (χ0) is 20.9. The first kappa shape index (κ1) is 34.8. The van der Waals surface area contributed by atoms with Gasteiger partial charge in [0.05, 0.1) is 12.8 Å². The van der Waals surface area contributed by atoms with E-state index in [1.807, 2.05) is 0 Å². The summed E-state index contributed by atoms with van der Waals surface area (Å²) in [5.74, 6) is -2.15. The Morgan fingerprint density at radius 1 is 0.733 bits per heavy atom. The molecule has 0 radical (unpaired) electrons. The third-order valence-electron chi connectivity index (χ3n) is 4.49. The molecule has 0 spiro atoms. The first-order valence-electron chi connectivity index (χ1n) is 10.9. The van der Waals surface area contributed by atoms with Crippen LogP contribution in [-0.4, -0.2) is 82.1 Å². The number of hydroxylamine groups is 1. The fourth-order valence-corrected chi connectivity index (χ4v) is 2.78. The number of aliphatic carboxylic acids is 1. The first-order chi connectivity index (χ1) is 13.6. The maximum absolute atomic E-state index is 11.5. The Bertz CT molecular complexity index is 459. The maximum atomic E-state index is 11.5. The molecule has 0 atom stereocenters. The molecule has 0 saturated heterocycles. The van der Waals surface area contributed by atoms with Crippen molar-refractivity contribution in [1.82, 2.24) is 5.48 Å². The number of hydrogen-bond donors (Lipinski definition) is 2. The second kappa shape index (κ2) is 27.2. The van der Waals surface area contributed by atoms with Crippen molar-refractivity contribution in [1.29, 1.82) is 0 Å². The van der Waals surface area contributed by atoms with Crippen molar-refractivity contribution in [2.45, 2.75) is 110 Å². The molecular weight excluding hydrogens is 404 g/mol. The van der Waals surface area contributed by atoms with E-state index < -0.39 is 11.9 Å². The van der Waals surface area contributed by atoms with Gasteiger partial charge in [-0.05, 0) is 32.1 Å². The van der Waals surface area contributed by atoms with E-state index in [-0.39, 0.29) is 77.9 Å². The summed E-state index contributed by atoms with van der Waals surface area (Å²) in [6, 6.07) is 0. The second-order valence-electron chi connectivity index (χ2n) is 7.23. The molecule has 0 fully saturated rings. The monoisotopic (exact) mass is 445 g/mol. The third kappa shape index (κ3) is 28.1. The average molecular weight is 446 g/mol. The number of carboxylic acid groups (broad SMARTS) is 1. The summed E-state index contributed by atoms with van der Waals surface area (Å²) in [5, 5.41) is 8.44. The molecule has 0 saturated carbocycles. The molecule has 0 aromatic heterocycles. The molecular formula is C22H41NNa2O5. The summed E-state index contributed by atoms with van der Waals surface area (Å²) < 4.78 is 0. The summed E-state index contributed by atoms with van der Waals surface area (Å²) >= 11 is 0. The van der Waals surface area contributed by atoms with Gasteiger partial charge in [-0.2, -0.15) is 5.48 Å². The molecule has 0 aliphatic carbocycles. The Kier molecular flexibility index (Phi) is 31.5. The molecule has 0 aromatic rings. The number of amides is 1. The fourth-order valence-electron chi connectivity index (χ4n) is 2.78. The van der Waals surface area contributed by atoms with Crippen molar-refractivity contribution >= 4 is 77.0 Å². The van der Waals surface area contributed by atoms with Crippen LogP contribution in [-0.2, 0) is 19.2 Å². The van der Waals surface area contributed by atoms with E-state index in [0.29, 0.717) is 6.42 Å². The van der Waals surface area contributed by atoms with Gasteiger partial charge in [-0.3, -0.25) is 9.59 Å². The van der Waals surface area contributed by atoms with Crippen LogP contribution in [0.15, 0.2) is 12.2 Å². The van der Waals surface area contributed by atoms with Crippen molar-refractivity contribution < 1.29 is 24.3 Å². The van der Waals surface area contributed by atoms with E-state index >= 15 is 0 Å². The molecule has 0 aromatic carbocycles. The van der Waals surface area contributed by atoms with Crippen LogP contribution in [0.4, 0.5) is 0 Å². The van der Waals surface area contributed by atoms with Gasteiger partial charge in [0.25, 0.3) is 5.91 Å². The van der Waals surface area contributed by atoms with Crippen molar-refractivity contribution in [3.05, 3.63) is 12.2 Å². The first-order valence-corrected chi connectivity index (χ1v) is 10.9. The molecule has 166 valence electrons. The van der Waals surface area contributed by atoms with Crippen LogP contribution in [0.25, 0.3) is 0 Å². The van der Waals surface area contributed by atoms with Gasteiger partial charge in [-0.15, -0.1) is 0 Å². The zero-order valence-electron chi connectivity index (χ0n) is 17.5. The minimum absolute atomic E-state index is 0. The van der Waals surface area contributed by atoms with Crippen LogP contribution in [0.5, 0.6) is 0 Å². The average Bonchev–Trinajstić information content (AvgIpc) is 2.67. The van der Waals surface area contributed by atoms with Crippen LogP contribution < -0.4 is 5.48 Å². The molecule has 0 unspecified atom stereocenters. The predicted octanol–water partition coefficient (Wildman–Crippen LogP) is 4.17. The third-order valence-corrected chi connectivity index (χ3v) is 4.49. The number of rotatable bonds is 18. The molecule has 0 heterocycles. The van der Waals surface area contributed by atoms with E-state index in [1.165, 1.54) is 51.4 Å². The number of carbonyl (C=O) groups excluding carboxylic acids is 2. The molecule has 0 aliphatic rings. The van der Waals surface area contributed by atoms with Gasteiger partial charge in [-0.25, -0.2) is 4.79 Å². The minimum atomic E-state index is -1.07. The Hall–Kier alpha value is 0.150. The molecule has 0 rings (SSSR count). The van der Waals surface area contributed by atoms with Gasteiger partial charge >= 0.3 is 71.1 Å². The van der Waals surface area contributed by atoms with Gasteiger partial charge in [0.1, 0.15) is 0 Å². The van der Waals surface area contributed by atoms with E-state index in [0.717, 1.165) is 32.1 Å². The van der Waals surface area contributed by atoms with Crippen LogP contribution in [0.1, 0.15) is 110 Å². The number of allylic oxidation sites excluding steroid dienone is 2. The number of carboxylic acids is 1. The molecule has 0 bridgehead atoms. The molecule has 1 amide bonds. The Morgan fingerprint density at radius 2 is 1.23 bits per heavy atom. The van der Waals surface area contributed by atoms with Gasteiger partial charge in [0, 0.05) is 6.42 Å². The second-order valence-corrected chi connectivity index (χ2v) is 7.23. The van der Waals surface area contributed by atoms with E-state index in [4.69, 9.17) is 5.11 Å². The number of carbonyl (C=O) groups is 3. The van der Waals surface area contributed by atoms with Gasteiger partial charge in [0.2, 0.25) is 0 Å².